The van der Waals surface area contributed by atoms with Crippen molar-refractivity contribution in [3.05, 3.63) is 62.9 Å². The van der Waals surface area contributed by atoms with Crippen LogP contribution in [0.4, 0.5) is 5.82 Å². The lowest BCUT2D eigenvalue weighted by Gasteiger charge is -2.03. The predicted octanol–water partition coefficient (Wildman–Crippen LogP) is 2.27. The van der Waals surface area contributed by atoms with Crippen LogP contribution in [0.1, 0.15) is 11.1 Å². The Morgan fingerprint density at radius 3 is 2.78 bits per heavy atom. The minimum absolute atomic E-state index is 0.259. The highest BCUT2D eigenvalue weighted by Gasteiger charge is 1.99. The molecule has 1 aromatic carbocycles. The molecule has 0 spiro atoms. The number of hydrogen-bond acceptors (Lipinski definition) is 3. The summed E-state index contributed by atoms with van der Waals surface area (Å²) in [6, 6.07) is 10.3. The molecule has 5 heteroatoms. The lowest BCUT2D eigenvalue weighted by atomic mass is 10.2. The van der Waals surface area contributed by atoms with Gasteiger partial charge in [-0.3, -0.25) is 4.79 Å². The van der Waals surface area contributed by atoms with Gasteiger partial charge in [-0.1, -0.05) is 23.7 Å². The minimum atomic E-state index is -0.259. The Labute approximate surface area is 109 Å². The van der Waals surface area contributed by atoms with Crippen molar-refractivity contribution in [1.29, 1.82) is 0 Å². The molecule has 0 radical (unpaired) electrons. The molecule has 2 rings (SSSR count). The summed E-state index contributed by atoms with van der Waals surface area (Å²) in [6.07, 6.45) is 1.54. The maximum absolute atomic E-state index is 11.7. The first-order valence-electron chi connectivity index (χ1n) is 5.35. The molecule has 18 heavy (non-hydrogen) atoms. The lowest BCUT2D eigenvalue weighted by Crippen LogP contribution is -2.19. The van der Waals surface area contributed by atoms with Crippen LogP contribution >= 0.6 is 11.6 Å². The minimum Gasteiger partial charge on any atom is -0.384 e. The number of anilines is 1. The molecule has 0 aliphatic heterocycles. The number of benzene rings is 1. The van der Waals surface area contributed by atoms with Crippen LogP contribution in [-0.4, -0.2) is 10.9 Å². The second-order valence-corrected chi connectivity index (χ2v) is 4.34. The van der Waals surface area contributed by atoms with E-state index in [1.165, 1.54) is 6.07 Å². The number of pyridine rings is 1. The number of nitrogens with zero attached hydrogens (tertiary/aromatic N) is 2. The van der Waals surface area contributed by atoms with E-state index in [2.05, 4.69) is 5.10 Å². The number of nitrogen functional groups attached to an aromatic ring is 1. The summed E-state index contributed by atoms with van der Waals surface area (Å²) in [5.41, 5.74) is 7.09. The van der Waals surface area contributed by atoms with Gasteiger partial charge in [0.25, 0.3) is 5.56 Å². The van der Waals surface area contributed by atoms with Gasteiger partial charge in [-0.2, -0.15) is 9.78 Å². The molecule has 2 aromatic rings. The van der Waals surface area contributed by atoms with E-state index in [9.17, 15) is 4.79 Å². The number of hydrogen-bond donors (Lipinski definition) is 1. The van der Waals surface area contributed by atoms with Gasteiger partial charge >= 0.3 is 0 Å². The average Bonchev–Trinajstić information content (AvgIpc) is 2.27. The van der Waals surface area contributed by atoms with Crippen molar-refractivity contribution >= 4 is 23.6 Å². The molecular weight excluding hydrogens is 250 g/mol. The SMILES string of the molecule is Cc1cc(N)n(/N=C\c2cccc(Cl)c2)c(=O)c1. The lowest BCUT2D eigenvalue weighted by molar-refractivity contribution is 0.843. The number of halogens is 1. The predicted molar refractivity (Wildman–Crippen MR) is 74.3 cm³/mol. The van der Waals surface area contributed by atoms with E-state index in [1.54, 1.807) is 24.4 Å². The third-order valence-corrected chi connectivity index (χ3v) is 2.59. The van der Waals surface area contributed by atoms with Crippen LogP contribution in [0.2, 0.25) is 5.02 Å². The standard InChI is InChI=1S/C13H12ClN3O/c1-9-5-12(15)17(13(18)6-9)16-8-10-3-2-4-11(14)7-10/h2-8H,15H2,1H3/b16-8-. The van der Waals surface area contributed by atoms with E-state index < -0.39 is 0 Å². The summed E-state index contributed by atoms with van der Waals surface area (Å²) in [5, 5.41) is 4.67. The highest BCUT2D eigenvalue weighted by molar-refractivity contribution is 6.30. The fraction of sp³-hybridized carbons (Fsp3) is 0.0769. The molecule has 0 unspecified atom stereocenters. The first-order chi connectivity index (χ1) is 8.56. The number of rotatable bonds is 2. The second-order valence-electron chi connectivity index (χ2n) is 3.91. The molecule has 0 saturated heterocycles. The summed E-state index contributed by atoms with van der Waals surface area (Å²) in [7, 11) is 0. The molecule has 0 aliphatic carbocycles. The normalized spacial score (nSPS) is 11.0. The van der Waals surface area contributed by atoms with Gasteiger partial charge in [0.15, 0.2) is 0 Å². The van der Waals surface area contributed by atoms with Crippen LogP contribution < -0.4 is 11.3 Å². The summed E-state index contributed by atoms with van der Waals surface area (Å²) in [6.45, 7) is 1.81. The molecule has 92 valence electrons. The van der Waals surface area contributed by atoms with Gasteiger partial charge in [0.05, 0.1) is 6.21 Å². The topological polar surface area (TPSA) is 60.4 Å². The van der Waals surface area contributed by atoms with Crippen molar-refractivity contribution in [2.24, 2.45) is 5.10 Å². The Balaban J connectivity index is 2.38. The molecule has 4 nitrogen and oxygen atoms in total. The van der Waals surface area contributed by atoms with E-state index >= 15 is 0 Å². The fourth-order valence-corrected chi connectivity index (χ4v) is 1.75. The quantitative estimate of drug-likeness (QED) is 0.843. The van der Waals surface area contributed by atoms with Crippen molar-refractivity contribution < 1.29 is 0 Å². The fourth-order valence-electron chi connectivity index (χ4n) is 1.55. The summed E-state index contributed by atoms with van der Waals surface area (Å²) >= 11 is 5.86. The van der Waals surface area contributed by atoms with E-state index in [4.69, 9.17) is 17.3 Å². The van der Waals surface area contributed by atoms with Crippen LogP contribution in [0.3, 0.4) is 0 Å². The summed E-state index contributed by atoms with van der Waals surface area (Å²) in [4.78, 5) is 11.7. The highest BCUT2D eigenvalue weighted by Crippen LogP contribution is 2.09. The van der Waals surface area contributed by atoms with E-state index in [0.717, 1.165) is 15.8 Å². The average molecular weight is 262 g/mol. The van der Waals surface area contributed by atoms with Gasteiger partial charge in [-0.05, 0) is 36.2 Å². The Kier molecular flexibility index (Phi) is 3.48. The third-order valence-electron chi connectivity index (χ3n) is 2.35. The van der Waals surface area contributed by atoms with Crippen molar-refractivity contribution in [1.82, 2.24) is 4.68 Å². The molecular formula is C13H12ClN3O. The highest BCUT2D eigenvalue weighted by atomic mass is 35.5. The monoisotopic (exact) mass is 261 g/mol. The Hall–Kier alpha value is -2.07. The third kappa shape index (κ3) is 2.78. The van der Waals surface area contributed by atoms with Crippen molar-refractivity contribution in [2.75, 3.05) is 5.73 Å². The second kappa shape index (κ2) is 5.06. The van der Waals surface area contributed by atoms with Crippen LogP contribution in [0, 0.1) is 6.92 Å². The van der Waals surface area contributed by atoms with Gasteiger partial charge in [0, 0.05) is 11.1 Å². The molecule has 1 heterocycles. The Bertz CT molecular complexity index is 662. The molecule has 0 bridgehead atoms. The first-order valence-corrected chi connectivity index (χ1v) is 5.73. The van der Waals surface area contributed by atoms with Crippen LogP contribution in [0.25, 0.3) is 0 Å². The van der Waals surface area contributed by atoms with E-state index in [1.807, 2.05) is 19.1 Å². The number of nitrogens with two attached hydrogens (primary N) is 1. The van der Waals surface area contributed by atoms with Gasteiger partial charge in [-0.25, -0.2) is 0 Å². The van der Waals surface area contributed by atoms with Gasteiger partial charge in [0.1, 0.15) is 5.82 Å². The van der Waals surface area contributed by atoms with Crippen LogP contribution in [0.15, 0.2) is 46.3 Å². The largest absolute Gasteiger partial charge is 0.384 e. The van der Waals surface area contributed by atoms with Crippen molar-refractivity contribution in [3.63, 3.8) is 0 Å². The zero-order valence-corrected chi connectivity index (χ0v) is 10.6. The Morgan fingerprint density at radius 1 is 1.33 bits per heavy atom. The molecule has 0 fully saturated rings. The van der Waals surface area contributed by atoms with E-state index in [0.29, 0.717) is 10.8 Å². The molecule has 0 atom stereocenters. The maximum atomic E-state index is 11.7. The molecule has 0 aliphatic rings. The van der Waals surface area contributed by atoms with Crippen LogP contribution in [-0.2, 0) is 0 Å². The zero-order chi connectivity index (χ0) is 13.1. The van der Waals surface area contributed by atoms with Gasteiger partial charge in [-0.15, -0.1) is 0 Å². The molecule has 2 N–H and O–H groups in total. The molecule has 0 amide bonds. The van der Waals surface area contributed by atoms with Gasteiger partial charge < -0.3 is 5.73 Å². The Morgan fingerprint density at radius 2 is 2.11 bits per heavy atom. The zero-order valence-electron chi connectivity index (χ0n) is 9.80. The first kappa shape index (κ1) is 12.4. The van der Waals surface area contributed by atoms with Crippen molar-refractivity contribution in [2.45, 2.75) is 6.92 Å². The molecule has 1 aromatic heterocycles. The summed E-state index contributed by atoms with van der Waals surface area (Å²) < 4.78 is 1.15. The van der Waals surface area contributed by atoms with E-state index in [-0.39, 0.29) is 5.56 Å². The number of aromatic nitrogens is 1. The summed E-state index contributed by atoms with van der Waals surface area (Å²) in [5.74, 6) is 0.304. The number of aryl methyl sites for hydroxylation is 1. The van der Waals surface area contributed by atoms with Crippen LogP contribution in [0.5, 0.6) is 0 Å². The smallest absolute Gasteiger partial charge is 0.273 e. The van der Waals surface area contributed by atoms with Gasteiger partial charge in [0.2, 0.25) is 0 Å². The van der Waals surface area contributed by atoms with Crippen molar-refractivity contribution in [3.8, 4) is 0 Å². The maximum Gasteiger partial charge on any atom is 0.273 e. The molecule has 0 saturated carbocycles.